The van der Waals surface area contributed by atoms with Gasteiger partial charge in [-0.05, 0) is 23.1 Å². The number of hydrogen-bond acceptors (Lipinski definition) is 4. The normalized spacial score (nSPS) is 10.8. The number of halogens is 2. The molecule has 21 heavy (non-hydrogen) atoms. The van der Waals surface area contributed by atoms with E-state index in [-0.39, 0.29) is 0 Å². The largest absolute Gasteiger partial charge is 0.381 e. The van der Waals surface area contributed by atoms with Crippen LogP contribution in [0.5, 0.6) is 0 Å². The molecule has 0 radical (unpaired) electrons. The molecule has 2 aromatic heterocycles. The summed E-state index contributed by atoms with van der Waals surface area (Å²) in [5, 5.41) is 13.6. The summed E-state index contributed by atoms with van der Waals surface area (Å²) < 4.78 is 2.56. The highest BCUT2D eigenvalue weighted by molar-refractivity contribution is 7.15. The summed E-state index contributed by atoms with van der Waals surface area (Å²) in [6.07, 6.45) is 3.40. The van der Waals surface area contributed by atoms with Crippen molar-refractivity contribution < 1.29 is 0 Å². The minimum absolute atomic E-state index is 0.634. The molecule has 1 aromatic carbocycles. The fourth-order valence-electron chi connectivity index (χ4n) is 1.96. The zero-order valence-corrected chi connectivity index (χ0v) is 13.3. The maximum Gasteiger partial charge on any atom is 0.119 e. The van der Waals surface area contributed by atoms with Gasteiger partial charge in [0, 0.05) is 17.8 Å². The highest BCUT2D eigenvalue weighted by Crippen LogP contribution is 2.32. The predicted octanol–water partition coefficient (Wildman–Crippen LogP) is 4.31. The van der Waals surface area contributed by atoms with Crippen molar-refractivity contribution in [1.82, 2.24) is 14.8 Å². The quantitative estimate of drug-likeness (QED) is 0.753. The average molecular weight is 339 g/mol. The Labute approximate surface area is 136 Å². The van der Waals surface area contributed by atoms with E-state index >= 15 is 0 Å². The number of nitrogens with one attached hydrogen (secondary N) is 1. The molecule has 1 N–H and O–H groups in total. The Balaban J connectivity index is 1.67. The van der Waals surface area contributed by atoms with E-state index in [0.717, 1.165) is 17.8 Å². The molecule has 7 heteroatoms. The van der Waals surface area contributed by atoms with Gasteiger partial charge in [0.05, 0.1) is 11.6 Å². The SMILES string of the molecule is Clc1scc(CNc2cccc(Cn3cnnc3)c2)c1Cl. The lowest BCUT2D eigenvalue weighted by Crippen LogP contribution is -2.01. The molecule has 2 heterocycles. The van der Waals surface area contributed by atoms with Crippen LogP contribution in [0.15, 0.2) is 42.3 Å². The summed E-state index contributed by atoms with van der Waals surface area (Å²) in [5.41, 5.74) is 3.23. The van der Waals surface area contributed by atoms with E-state index < -0.39 is 0 Å². The van der Waals surface area contributed by atoms with E-state index in [1.165, 1.54) is 16.9 Å². The maximum absolute atomic E-state index is 6.12. The van der Waals surface area contributed by atoms with Crippen molar-refractivity contribution in [3.05, 3.63) is 62.8 Å². The lowest BCUT2D eigenvalue weighted by atomic mass is 10.2. The van der Waals surface area contributed by atoms with Crippen molar-refractivity contribution in [3.8, 4) is 0 Å². The molecule has 3 rings (SSSR count). The predicted molar refractivity (Wildman–Crippen MR) is 87.2 cm³/mol. The summed E-state index contributed by atoms with van der Waals surface area (Å²) in [5.74, 6) is 0. The smallest absolute Gasteiger partial charge is 0.119 e. The van der Waals surface area contributed by atoms with Crippen LogP contribution in [-0.2, 0) is 13.1 Å². The Kier molecular flexibility index (Phi) is 4.43. The van der Waals surface area contributed by atoms with Crippen LogP contribution in [0, 0.1) is 0 Å². The van der Waals surface area contributed by atoms with Crippen molar-refractivity contribution in [3.63, 3.8) is 0 Å². The molecule has 0 fully saturated rings. The number of thiophene rings is 1. The Morgan fingerprint density at radius 1 is 1.19 bits per heavy atom. The number of aromatic nitrogens is 3. The van der Waals surface area contributed by atoms with Gasteiger partial charge >= 0.3 is 0 Å². The van der Waals surface area contributed by atoms with Crippen LogP contribution in [0.3, 0.4) is 0 Å². The summed E-state index contributed by atoms with van der Waals surface area (Å²) >= 11 is 13.5. The lowest BCUT2D eigenvalue weighted by molar-refractivity contribution is 0.794. The van der Waals surface area contributed by atoms with Gasteiger partial charge in [-0.3, -0.25) is 0 Å². The van der Waals surface area contributed by atoms with Crippen molar-refractivity contribution in [2.24, 2.45) is 0 Å². The highest BCUT2D eigenvalue weighted by atomic mass is 35.5. The topological polar surface area (TPSA) is 42.7 Å². The van der Waals surface area contributed by atoms with Crippen LogP contribution in [-0.4, -0.2) is 14.8 Å². The van der Waals surface area contributed by atoms with Gasteiger partial charge in [-0.25, -0.2) is 0 Å². The summed E-state index contributed by atoms with van der Waals surface area (Å²) in [4.78, 5) is 0. The van der Waals surface area contributed by atoms with Gasteiger partial charge in [-0.2, -0.15) is 0 Å². The first-order valence-electron chi connectivity index (χ1n) is 6.29. The number of hydrogen-bond donors (Lipinski definition) is 1. The first-order chi connectivity index (χ1) is 10.2. The van der Waals surface area contributed by atoms with Crippen molar-refractivity contribution in [2.75, 3.05) is 5.32 Å². The molecule has 0 atom stereocenters. The van der Waals surface area contributed by atoms with E-state index in [9.17, 15) is 0 Å². The van der Waals surface area contributed by atoms with Crippen LogP contribution in [0.25, 0.3) is 0 Å². The zero-order valence-electron chi connectivity index (χ0n) is 11.0. The summed E-state index contributed by atoms with van der Waals surface area (Å²) in [6.45, 7) is 1.39. The zero-order chi connectivity index (χ0) is 14.7. The second-order valence-corrected chi connectivity index (χ2v) is 6.40. The van der Waals surface area contributed by atoms with Crippen molar-refractivity contribution in [2.45, 2.75) is 13.1 Å². The van der Waals surface area contributed by atoms with Crippen molar-refractivity contribution in [1.29, 1.82) is 0 Å². The number of rotatable bonds is 5. The minimum atomic E-state index is 0.634. The van der Waals surface area contributed by atoms with Gasteiger partial charge < -0.3 is 9.88 Å². The van der Waals surface area contributed by atoms with E-state index in [1.54, 1.807) is 12.7 Å². The molecule has 3 aromatic rings. The minimum Gasteiger partial charge on any atom is -0.381 e. The number of benzene rings is 1. The van der Waals surface area contributed by atoms with Crippen molar-refractivity contribution >= 4 is 40.2 Å². The van der Waals surface area contributed by atoms with E-state index in [4.69, 9.17) is 23.2 Å². The van der Waals surface area contributed by atoms with Gasteiger partial charge in [-0.1, -0.05) is 35.3 Å². The third-order valence-corrected chi connectivity index (χ3v) is 4.91. The first-order valence-corrected chi connectivity index (χ1v) is 7.92. The van der Waals surface area contributed by atoms with Crippen LogP contribution >= 0.6 is 34.5 Å². The Bertz CT molecular complexity index is 724. The van der Waals surface area contributed by atoms with E-state index in [0.29, 0.717) is 15.9 Å². The molecule has 0 aliphatic carbocycles. The molecule has 0 unspecified atom stereocenters. The Morgan fingerprint density at radius 2 is 2.00 bits per heavy atom. The molecular formula is C14H12Cl2N4S. The molecule has 4 nitrogen and oxygen atoms in total. The summed E-state index contributed by atoms with van der Waals surface area (Å²) in [6, 6.07) is 8.21. The number of nitrogens with zero attached hydrogens (tertiary/aromatic N) is 3. The molecule has 0 aliphatic rings. The third kappa shape index (κ3) is 3.56. The molecule has 0 amide bonds. The molecular weight excluding hydrogens is 327 g/mol. The number of anilines is 1. The molecule has 0 bridgehead atoms. The van der Waals surface area contributed by atoms with Gasteiger partial charge in [0.1, 0.15) is 17.0 Å². The fraction of sp³-hybridized carbons (Fsp3) is 0.143. The van der Waals surface area contributed by atoms with Crippen LogP contribution in [0.2, 0.25) is 9.36 Å². The molecule has 108 valence electrons. The molecule has 0 aliphatic heterocycles. The van der Waals surface area contributed by atoms with Gasteiger partial charge in [0.25, 0.3) is 0 Å². The van der Waals surface area contributed by atoms with Crippen LogP contribution in [0.4, 0.5) is 5.69 Å². The second kappa shape index (κ2) is 6.47. The average Bonchev–Trinajstić information content (AvgIpc) is 3.10. The van der Waals surface area contributed by atoms with E-state index in [2.05, 4.69) is 27.6 Å². The third-order valence-electron chi connectivity index (χ3n) is 3.00. The van der Waals surface area contributed by atoms with Gasteiger partial charge in [0.15, 0.2) is 0 Å². The first kappa shape index (κ1) is 14.4. The van der Waals surface area contributed by atoms with E-state index in [1.807, 2.05) is 22.1 Å². The lowest BCUT2D eigenvalue weighted by Gasteiger charge is -2.08. The highest BCUT2D eigenvalue weighted by Gasteiger charge is 2.07. The fourth-order valence-corrected chi connectivity index (χ4v) is 3.22. The monoisotopic (exact) mass is 338 g/mol. The Morgan fingerprint density at radius 3 is 2.71 bits per heavy atom. The van der Waals surface area contributed by atoms with Gasteiger partial charge in [-0.15, -0.1) is 21.5 Å². The van der Waals surface area contributed by atoms with Crippen LogP contribution < -0.4 is 5.32 Å². The van der Waals surface area contributed by atoms with Crippen LogP contribution in [0.1, 0.15) is 11.1 Å². The second-order valence-electron chi connectivity index (χ2n) is 4.54. The molecule has 0 spiro atoms. The molecule has 0 saturated heterocycles. The summed E-state index contributed by atoms with van der Waals surface area (Å²) in [7, 11) is 0. The Hall–Kier alpha value is -1.56. The standard InChI is InChI=1S/C14H12Cl2N4S/c15-13-11(7-21-14(13)16)5-17-12-3-1-2-10(4-12)6-20-8-18-19-9-20/h1-4,7-9,17H,5-6H2. The molecule has 0 saturated carbocycles. The maximum atomic E-state index is 6.12. The van der Waals surface area contributed by atoms with Gasteiger partial charge in [0.2, 0.25) is 0 Å².